The lowest BCUT2D eigenvalue weighted by Crippen LogP contribution is -2.63. The first-order valence-corrected chi connectivity index (χ1v) is 9.19. The summed E-state index contributed by atoms with van der Waals surface area (Å²) in [6, 6.07) is 0. The Kier molecular flexibility index (Phi) is 9.81. The lowest BCUT2D eigenvalue weighted by atomic mass is 9.67. The highest BCUT2D eigenvalue weighted by Gasteiger charge is 2.79. The molecule has 1 unspecified atom stereocenters. The maximum atomic E-state index is 14.7. The third kappa shape index (κ3) is 6.31. The van der Waals surface area contributed by atoms with Crippen molar-refractivity contribution in [2.75, 3.05) is 0 Å². The predicted octanol–water partition coefficient (Wildman–Crippen LogP) is 8.16. The second kappa shape index (κ2) is 10.0. The zero-order valence-corrected chi connectivity index (χ0v) is 15.4. The standard InChI is InChI=1S/C18H31F7/c1-4-6-8-10-12-14-15(3,13-11-9-7-5-2)16(19,17(20,21)22)18(23,24)25/h4-14H2,1-3H3. The van der Waals surface area contributed by atoms with E-state index < -0.39 is 36.3 Å². The van der Waals surface area contributed by atoms with Crippen LogP contribution in [0.15, 0.2) is 0 Å². The summed E-state index contributed by atoms with van der Waals surface area (Å²) < 4.78 is 93.9. The van der Waals surface area contributed by atoms with Crippen molar-refractivity contribution < 1.29 is 30.7 Å². The molecular weight excluding hydrogens is 349 g/mol. The third-order valence-corrected chi connectivity index (χ3v) is 5.03. The highest BCUT2D eigenvalue weighted by atomic mass is 19.4. The number of halogens is 7. The summed E-state index contributed by atoms with van der Waals surface area (Å²) in [4.78, 5) is 0. The van der Waals surface area contributed by atoms with Crippen molar-refractivity contribution in [2.45, 2.75) is 109 Å². The topological polar surface area (TPSA) is 0 Å². The summed E-state index contributed by atoms with van der Waals surface area (Å²) in [6.07, 6.45) is -7.41. The first kappa shape index (κ1) is 24.5. The van der Waals surface area contributed by atoms with E-state index in [1.807, 2.05) is 13.8 Å². The largest absolute Gasteiger partial charge is 0.432 e. The number of rotatable bonds is 12. The van der Waals surface area contributed by atoms with Gasteiger partial charge in [-0.3, -0.25) is 0 Å². The Labute approximate surface area is 146 Å². The van der Waals surface area contributed by atoms with Crippen LogP contribution in [0.1, 0.15) is 91.4 Å². The molecule has 0 spiro atoms. The summed E-state index contributed by atoms with van der Waals surface area (Å²) >= 11 is 0. The van der Waals surface area contributed by atoms with Gasteiger partial charge in [0, 0.05) is 5.41 Å². The number of hydrogen-bond donors (Lipinski definition) is 0. The van der Waals surface area contributed by atoms with Gasteiger partial charge < -0.3 is 0 Å². The lowest BCUT2D eigenvalue weighted by Gasteiger charge is -2.45. The molecule has 0 N–H and O–H groups in total. The molecular formula is C18H31F7. The van der Waals surface area contributed by atoms with Crippen LogP contribution in [0.25, 0.3) is 0 Å². The number of hydrogen-bond acceptors (Lipinski definition) is 0. The molecule has 0 heterocycles. The van der Waals surface area contributed by atoms with Gasteiger partial charge in [-0.15, -0.1) is 0 Å². The molecule has 0 aliphatic rings. The average Bonchev–Trinajstić information content (AvgIpc) is 2.48. The summed E-state index contributed by atoms with van der Waals surface area (Å²) in [5.41, 5.74) is -7.67. The van der Waals surface area contributed by atoms with E-state index in [1.165, 1.54) is 0 Å². The van der Waals surface area contributed by atoms with E-state index in [0.29, 0.717) is 19.3 Å². The second-order valence-electron chi connectivity index (χ2n) is 7.19. The summed E-state index contributed by atoms with van der Waals surface area (Å²) in [5.74, 6) is 0. The molecule has 0 aliphatic heterocycles. The Morgan fingerprint density at radius 3 is 1.16 bits per heavy atom. The summed E-state index contributed by atoms with van der Waals surface area (Å²) in [6.45, 7) is 4.66. The van der Waals surface area contributed by atoms with Gasteiger partial charge in [-0.05, 0) is 12.8 Å². The van der Waals surface area contributed by atoms with Crippen molar-refractivity contribution in [2.24, 2.45) is 5.41 Å². The van der Waals surface area contributed by atoms with E-state index >= 15 is 0 Å². The van der Waals surface area contributed by atoms with Gasteiger partial charge in [0.05, 0.1) is 0 Å². The molecule has 1 atom stereocenters. The molecule has 7 heteroatoms. The van der Waals surface area contributed by atoms with E-state index in [1.54, 1.807) is 0 Å². The minimum Gasteiger partial charge on any atom is -0.223 e. The Bertz CT molecular complexity index is 345. The second-order valence-corrected chi connectivity index (χ2v) is 7.19. The third-order valence-electron chi connectivity index (χ3n) is 5.03. The first-order valence-electron chi connectivity index (χ1n) is 9.19. The van der Waals surface area contributed by atoms with Crippen LogP contribution in [-0.4, -0.2) is 18.0 Å². The molecule has 152 valence electrons. The Morgan fingerprint density at radius 1 is 0.520 bits per heavy atom. The lowest BCUT2D eigenvalue weighted by molar-refractivity contribution is -0.376. The first-order chi connectivity index (χ1) is 11.4. The average molecular weight is 380 g/mol. The van der Waals surface area contributed by atoms with Crippen LogP contribution in [0, 0.1) is 5.41 Å². The molecule has 0 nitrogen and oxygen atoms in total. The molecule has 0 saturated heterocycles. The van der Waals surface area contributed by atoms with Crippen LogP contribution >= 0.6 is 0 Å². The minimum absolute atomic E-state index is 0.164. The molecule has 0 rings (SSSR count). The Balaban J connectivity index is 5.42. The number of alkyl halides is 7. The van der Waals surface area contributed by atoms with Crippen LogP contribution in [0.2, 0.25) is 0 Å². The maximum absolute atomic E-state index is 14.7. The SMILES string of the molecule is CCCCCCCC(C)(CCCCCC)C(F)(C(F)(F)F)C(F)(F)F. The van der Waals surface area contributed by atoms with E-state index in [-0.39, 0.29) is 12.8 Å². The van der Waals surface area contributed by atoms with Crippen molar-refractivity contribution >= 4 is 0 Å². The normalized spacial score (nSPS) is 16.1. The molecule has 0 bridgehead atoms. The van der Waals surface area contributed by atoms with Gasteiger partial charge in [-0.25, -0.2) is 4.39 Å². The van der Waals surface area contributed by atoms with Crippen LogP contribution in [0.3, 0.4) is 0 Å². The van der Waals surface area contributed by atoms with E-state index in [9.17, 15) is 30.7 Å². The number of unbranched alkanes of at least 4 members (excludes halogenated alkanes) is 7. The fourth-order valence-corrected chi connectivity index (χ4v) is 3.38. The fraction of sp³-hybridized carbons (Fsp3) is 1.00. The monoisotopic (exact) mass is 380 g/mol. The molecule has 0 aromatic rings. The molecule has 0 amide bonds. The molecule has 0 saturated carbocycles. The highest BCUT2D eigenvalue weighted by Crippen LogP contribution is 2.59. The summed E-state index contributed by atoms with van der Waals surface area (Å²) in [5, 5.41) is 0. The van der Waals surface area contributed by atoms with E-state index in [0.717, 1.165) is 32.6 Å². The molecule has 0 aromatic carbocycles. The van der Waals surface area contributed by atoms with Crippen molar-refractivity contribution in [3.8, 4) is 0 Å². The van der Waals surface area contributed by atoms with Crippen LogP contribution < -0.4 is 0 Å². The minimum atomic E-state index is -5.98. The highest BCUT2D eigenvalue weighted by molar-refractivity contribution is 5.06. The van der Waals surface area contributed by atoms with Gasteiger partial charge >= 0.3 is 18.0 Å². The van der Waals surface area contributed by atoms with Crippen molar-refractivity contribution in [1.82, 2.24) is 0 Å². The molecule has 25 heavy (non-hydrogen) atoms. The van der Waals surface area contributed by atoms with Gasteiger partial charge in [0.2, 0.25) is 0 Å². The van der Waals surface area contributed by atoms with E-state index in [2.05, 4.69) is 0 Å². The Morgan fingerprint density at radius 2 is 0.840 bits per heavy atom. The molecule has 0 fully saturated rings. The van der Waals surface area contributed by atoms with Crippen LogP contribution in [0.4, 0.5) is 30.7 Å². The van der Waals surface area contributed by atoms with Crippen LogP contribution in [-0.2, 0) is 0 Å². The molecule has 0 aliphatic carbocycles. The predicted molar refractivity (Wildman–Crippen MR) is 86.2 cm³/mol. The van der Waals surface area contributed by atoms with E-state index in [4.69, 9.17) is 0 Å². The van der Waals surface area contributed by atoms with Gasteiger partial charge in [-0.1, -0.05) is 78.6 Å². The van der Waals surface area contributed by atoms with Crippen molar-refractivity contribution in [3.63, 3.8) is 0 Å². The quantitative estimate of drug-likeness (QED) is 0.237. The van der Waals surface area contributed by atoms with Crippen molar-refractivity contribution in [1.29, 1.82) is 0 Å². The van der Waals surface area contributed by atoms with Crippen molar-refractivity contribution in [3.05, 3.63) is 0 Å². The maximum Gasteiger partial charge on any atom is 0.432 e. The van der Waals surface area contributed by atoms with Gasteiger partial charge in [0.1, 0.15) is 0 Å². The molecule has 0 radical (unpaired) electrons. The van der Waals surface area contributed by atoms with Gasteiger partial charge in [0.25, 0.3) is 0 Å². The summed E-state index contributed by atoms with van der Waals surface area (Å²) in [7, 11) is 0. The van der Waals surface area contributed by atoms with Gasteiger partial charge in [0.15, 0.2) is 0 Å². The zero-order valence-electron chi connectivity index (χ0n) is 15.4. The fourth-order valence-electron chi connectivity index (χ4n) is 3.38. The van der Waals surface area contributed by atoms with Crippen LogP contribution in [0.5, 0.6) is 0 Å². The Hall–Kier alpha value is -0.490. The molecule has 0 aromatic heterocycles. The zero-order chi connectivity index (χ0) is 19.8. The van der Waals surface area contributed by atoms with Gasteiger partial charge in [-0.2, -0.15) is 26.3 Å². The smallest absolute Gasteiger partial charge is 0.223 e.